The minimum atomic E-state index is 0.340. The van der Waals surface area contributed by atoms with E-state index in [9.17, 15) is 0 Å². The molecule has 1 aliphatic rings. The average Bonchev–Trinajstić information content (AvgIpc) is 1.96. The van der Waals surface area contributed by atoms with Crippen LogP contribution in [0.1, 0.15) is 33.1 Å². The second-order valence-corrected chi connectivity index (χ2v) is 3.84. The molecule has 11 heavy (non-hydrogen) atoms. The SMILES string of the molecule is COC(C)CNC1(C)CCC1. The van der Waals surface area contributed by atoms with E-state index in [-0.39, 0.29) is 0 Å². The van der Waals surface area contributed by atoms with Crippen molar-refractivity contribution in [1.29, 1.82) is 0 Å². The van der Waals surface area contributed by atoms with Gasteiger partial charge in [0.15, 0.2) is 0 Å². The molecule has 1 fully saturated rings. The van der Waals surface area contributed by atoms with Crippen molar-refractivity contribution in [3.63, 3.8) is 0 Å². The Morgan fingerprint density at radius 1 is 1.55 bits per heavy atom. The molecule has 0 aromatic heterocycles. The zero-order chi connectivity index (χ0) is 8.32. The van der Waals surface area contributed by atoms with Crippen molar-refractivity contribution in [2.24, 2.45) is 0 Å². The molecule has 1 N–H and O–H groups in total. The van der Waals surface area contributed by atoms with Gasteiger partial charge in [0.25, 0.3) is 0 Å². The highest BCUT2D eigenvalue weighted by Crippen LogP contribution is 2.30. The number of nitrogens with one attached hydrogen (secondary N) is 1. The summed E-state index contributed by atoms with van der Waals surface area (Å²) in [4.78, 5) is 0. The fourth-order valence-electron chi connectivity index (χ4n) is 1.36. The lowest BCUT2D eigenvalue weighted by Crippen LogP contribution is -2.50. The maximum Gasteiger partial charge on any atom is 0.0667 e. The molecule has 0 heterocycles. The van der Waals surface area contributed by atoms with Crippen LogP contribution in [0.4, 0.5) is 0 Å². The van der Waals surface area contributed by atoms with Crippen LogP contribution >= 0.6 is 0 Å². The molecule has 0 saturated heterocycles. The first-order valence-corrected chi connectivity index (χ1v) is 4.44. The minimum absolute atomic E-state index is 0.340. The molecular weight excluding hydrogens is 138 g/mol. The van der Waals surface area contributed by atoms with Gasteiger partial charge in [-0.1, -0.05) is 0 Å². The molecule has 1 unspecified atom stereocenters. The second kappa shape index (κ2) is 3.55. The molecule has 0 spiro atoms. The quantitative estimate of drug-likeness (QED) is 0.668. The van der Waals surface area contributed by atoms with E-state index in [0.717, 1.165) is 6.54 Å². The van der Waals surface area contributed by atoms with E-state index >= 15 is 0 Å². The molecule has 1 aliphatic carbocycles. The van der Waals surface area contributed by atoms with Crippen LogP contribution in [-0.4, -0.2) is 25.3 Å². The second-order valence-electron chi connectivity index (χ2n) is 3.84. The molecular formula is C9H19NO. The van der Waals surface area contributed by atoms with Crippen LogP contribution in [0.2, 0.25) is 0 Å². The van der Waals surface area contributed by atoms with Gasteiger partial charge in [0.05, 0.1) is 6.10 Å². The molecule has 1 saturated carbocycles. The lowest BCUT2D eigenvalue weighted by Gasteiger charge is -2.40. The Bertz CT molecular complexity index is 121. The molecule has 2 nitrogen and oxygen atoms in total. The summed E-state index contributed by atoms with van der Waals surface area (Å²) in [5.41, 5.74) is 0.423. The van der Waals surface area contributed by atoms with Crippen molar-refractivity contribution < 1.29 is 4.74 Å². The Balaban J connectivity index is 2.11. The number of hydrogen-bond acceptors (Lipinski definition) is 2. The van der Waals surface area contributed by atoms with Crippen molar-refractivity contribution in [2.75, 3.05) is 13.7 Å². The van der Waals surface area contributed by atoms with E-state index in [1.807, 2.05) is 0 Å². The van der Waals surface area contributed by atoms with Crippen LogP contribution in [-0.2, 0) is 4.74 Å². The predicted molar refractivity (Wildman–Crippen MR) is 46.7 cm³/mol. The van der Waals surface area contributed by atoms with Crippen LogP contribution in [0.15, 0.2) is 0 Å². The zero-order valence-electron chi connectivity index (χ0n) is 7.81. The van der Waals surface area contributed by atoms with Crippen molar-refractivity contribution in [3.8, 4) is 0 Å². The van der Waals surface area contributed by atoms with Gasteiger partial charge in [0.1, 0.15) is 0 Å². The van der Waals surface area contributed by atoms with Crippen LogP contribution in [0, 0.1) is 0 Å². The van der Waals surface area contributed by atoms with Crippen LogP contribution in [0.5, 0.6) is 0 Å². The first-order valence-electron chi connectivity index (χ1n) is 4.44. The normalized spacial score (nSPS) is 24.3. The van der Waals surface area contributed by atoms with Crippen molar-refractivity contribution in [2.45, 2.75) is 44.8 Å². The van der Waals surface area contributed by atoms with E-state index in [0.29, 0.717) is 11.6 Å². The van der Waals surface area contributed by atoms with Gasteiger partial charge in [-0.3, -0.25) is 0 Å². The summed E-state index contributed by atoms with van der Waals surface area (Å²) in [5.74, 6) is 0. The summed E-state index contributed by atoms with van der Waals surface area (Å²) in [7, 11) is 1.76. The van der Waals surface area contributed by atoms with Gasteiger partial charge in [-0.15, -0.1) is 0 Å². The van der Waals surface area contributed by atoms with E-state index in [2.05, 4.69) is 19.2 Å². The third kappa shape index (κ3) is 2.46. The van der Waals surface area contributed by atoms with E-state index in [1.165, 1.54) is 19.3 Å². The third-order valence-electron chi connectivity index (χ3n) is 2.68. The fraction of sp³-hybridized carbons (Fsp3) is 1.00. The fourth-order valence-corrected chi connectivity index (χ4v) is 1.36. The Hall–Kier alpha value is -0.0800. The monoisotopic (exact) mass is 157 g/mol. The predicted octanol–water partition coefficient (Wildman–Crippen LogP) is 1.55. The molecule has 2 heteroatoms. The van der Waals surface area contributed by atoms with Crippen molar-refractivity contribution >= 4 is 0 Å². The van der Waals surface area contributed by atoms with Crippen LogP contribution < -0.4 is 5.32 Å². The first kappa shape index (κ1) is 9.01. The molecule has 1 atom stereocenters. The van der Waals surface area contributed by atoms with Gasteiger partial charge in [0.2, 0.25) is 0 Å². The summed E-state index contributed by atoms with van der Waals surface area (Å²) in [6.45, 7) is 5.36. The molecule has 0 amide bonds. The third-order valence-corrected chi connectivity index (χ3v) is 2.68. The van der Waals surface area contributed by atoms with Gasteiger partial charge in [0, 0.05) is 19.2 Å². The van der Waals surface area contributed by atoms with E-state index < -0.39 is 0 Å². The topological polar surface area (TPSA) is 21.3 Å². The number of ether oxygens (including phenoxy) is 1. The smallest absolute Gasteiger partial charge is 0.0667 e. The summed E-state index contributed by atoms with van der Waals surface area (Å²) < 4.78 is 5.15. The molecule has 0 aliphatic heterocycles. The molecule has 0 bridgehead atoms. The largest absolute Gasteiger partial charge is 0.380 e. The Kier molecular flexibility index (Phi) is 2.90. The highest BCUT2D eigenvalue weighted by Gasteiger charge is 2.30. The molecule has 0 aromatic carbocycles. The maximum absolute atomic E-state index is 5.15. The maximum atomic E-state index is 5.15. The Morgan fingerprint density at radius 2 is 2.18 bits per heavy atom. The lowest BCUT2D eigenvalue weighted by molar-refractivity contribution is 0.0955. The van der Waals surface area contributed by atoms with Crippen LogP contribution in [0.3, 0.4) is 0 Å². The Morgan fingerprint density at radius 3 is 2.55 bits per heavy atom. The van der Waals surface area contributed by atoms with E-state index in [1.54, 1.807) is 7.11 Å². The molecule has 66 valence electrons. The standard InChI is InChI=1S/C9H19NO/c1-8(11-3)7-10-9(2)5-4-6-9/h8,10H,4-7H2,1-3H3. The van der Waals surface area contributed by atoms with Crippen molar-refractivity contribution in [3.05, 3.63) is 0 Å². The Labute approximate surface area is 69.3 Å². The average molecular weight is 157 g/mol. The summed E-state index contributed by atoms with van der Waals surface area (Å²) in [5, 5.41) is 3.52. The first-order chi connectivity index (χ1) is 5.16. The lowest BCUT2D eigenvalue weighted by atomic mass is 9.78. The van der Waals surface area contributed by atoms with Gasteiger partial charge in [-0.05, 0) is 33.1 Å². The van der Waals surface area contributed by atoms with Gasteiger partial charge >= 0.3 is 0 Å². The number of rotatable bonds is 4. The highest BCUT2D eigenvalue weighted by atomic mass is 16.5. The summed E-state index contributed by atoms with van der Waals surface area (Å²) >= 11 is 0. The van der Waals surface area contributed by atoms with Gasteiger partial charge in [-0.25, -0.2) is 0 Å². The van der Waals surface area contributed by atoms with Gasteiger partial charge in [-0.2, -0.15) is 0 Å². The summed E-state index contributed by atoms with van der Waals surface area (Å²) in [6, 6.07) is 0. The zero-order valence-corrected chi connectivity index (χ0v) is 7.81. The van der Waals surface area contributed by atoms with Crippen LogP contribution in [0.25, 0.3) is 0 Å². The number of hydrogen-bond donors (Lipinski definition) is 1. The highest BCUT2D eigenvalue weighted by molar-refractivity contribution is 4.91. The van der Waals surface area contributed by atoms with Crippen molar-refractivity contribution in [1.82, 2.24) is 5.32 Å². The van der Waals surface area contributed by atoms with Gasteiger partial charge < -0.3 is 10.1 Å². The number of methoxy groups -OCH3 is 1. The molecule has 0 radical (unpaired) electrons. The molecule has 1 rings (SSSR count). The molecule has 0 aromatic rings. The minimum Gasteiger partial charge on any atom is -0.380 e. The summed E-state index contributed by atoms with van der Waals surface area (Å²) in [6.07, 6.45) is 4.37. The van der Waals surface area contributed by atoms with E-state index in [4.69, 9.17) is 4.74 Å².